The second-order valence-corrected chi connectivity index (χ2v) is 4.69. The van der Waals surface area contributed by atoms with Crippen LogP contribution in [0.15, 0.2) is 11.6 Å². The molecular formula is C9H15N3S. The Bertz CT molecular complexity index is 250. The van der Waals surface area contributed by atoms with Gasteiger partial charge in [-0.2, -0.15) is 0 Å². The summed E-state index contributed by atoms with van der Waals surface area (Å²) in [6.07, 6.45) is 2.99. The Morgan fingerprint density at radius 2 is 2.46 bits per heavy atom. The largest absolute Gasteiger partial charge is 0.346 e. The average Bonchev–Trinajstić information content (AvgIpc) is 2.53. The standard InChI is InChI=1S/C9H15N3S/c1-7-4-8(10)6-12(5-7)9-11-2-3-13-9/h2-3,7-8H,4-6,10H2,1H3. The van der Waals surface area contributed by atoms with Crippen LogP contribution < -0.4 is 10.6 Å². The molecule has 0 aromatic carbocycles. The summed E-state index contributed by atoms with van der Waals surface area (Å²) >= 11 is 1.69. The first kappa shape index (κ1) is 8.97. The second kappa shape index (κ2) is 3.64. The maximum atomic E-state index is 5.96. The van der Waals surface area contributed by atoms with E-state index in [1.165, 1.54) is 0 Å². The van der Waals surface area contributed by atoms with Gasteiger partial charge in [0.25, 0.3) is 0 Å². The molecule has 13 heavy (non-hydrogen) atoms. The van der Waals surface area contributed by atoms with Crippen molar-refractivity contribution >= 4 is 16.5 Å². The van der Waals surface area contributed by atoms with Crippen molar-refractivity contribution in [1.82, 2.24) is 4.98 Å². The smallest absolute Gasteiger partial charge is 0.185 e. The van der Waals surface area contributed by atoms with Crippen molar-refractivity contribution in [2.45, 2.75) is 19.4 Å². The number of aromatic nitrogens is 1. The molecule has 0 saturated carbocycles. The highest BCUT2D eigenvalue weighted by molar-refractivity contribution is 7.13. The van der Waals surface area contributed by atoms with Crippen LogP contribution in [0.3, 0.4) is 0 Å². The monoisotopic (exact) mass is 197 g/mol. The van der Waals surface area contributed by atoms with E-state index in [0.717, 1.165) is 24.6 Å². The number of piperidine rings is 1. The van der Waals surface area contributed by atoms with Crippen LogP contribution in [-0.4, -0.2) is 24.1 Å². The molecule has 1 aliphatic heterocycles. The van der Waals surface area contributed by atoms with Crippen LogP contribution in [-0.2, 0) is 0 Å². The molecular weight excluding hydrogens is 182 g/mol. The summed E-state index contributed by atoms with van der Waals surface area (Å²) in [4.78, 5) is 6.59. The van der Waals surface area contributed by atoms with Crippen molar-refractivity contribution in [3.63, 3.8) is 0 Å². The Labute approximate surface area is 82.6 Å². The fraction of sp³-hybridized carbons (Fsp3) is 0.667. The van der Waals surface area contributed by atoms with Crippen LogP contribution in [0.2, 0.25) is 0 Å². The first-order valence-corrected chi connectivity index (χ1v) is 5.53. The SMILES string of the molecule is CC1CC(N)CN(c2nccs2)C1. The highest BCUT2D eigenvalue weighted by Gasteiger charge is 2.23. The van der Waals surface area contributed by atoms with E-state index in [4.69, 9.17) is 5.73 Å². The molecule has 1 aromatic rings. The van der Waals surface area contributed by atoms with Gasteiger partial charge in [-0.25, -0.2) is 4.98 Å². The molecule has 2 rings (SSSR count). The Kier molecular flexibility index (Phi) is 2.51. The number of hydrogen-bond acceptors (Lipinski definition) is 4. The zero-order valence-corrected chi connectivity index (χ0v) is 8.63. The molecule has 1 aliphatic rings. The van der Waals surface area contributed by atoms with Crippen LogP contribution in [0.25, 0.3) is 0 Å². The number of hydrogen-bond donors (Lipinski definition) is 1. The van der Waals surface area contributed by atoms with Gasteiger partial charge in [0.05, 0.1) is 0 Å². The summed E-state index contributed by atoms with van der Waals surface area (Å²) < 4.78 is 0. The zero-order chi connectivity index (χ0) is 9.26. The normalized spacial score (nSPS) is 29.2. The molecule has 0 amide bonds. The fourth-order valence-corrected chi connectivity index (χ4v) is 2.59. The minimum absolute atomic E-state index is 0.313. The van der Waals surface area contributed by atoms with Crippen LogP contribution in [0.5, 0.6) is 0 Å². The highest BCUT2D eigenvalue weighted by Crippen LogP contribution is 2.23. The number of nitrogens with two attached hydrogens (primary N) is 1. The first-order chi connectivity index (χ1) is 6.25. The molecule has 2 unspecified atom stereocenters. The quantitative estimate of drug-likeness (QED) is 0.738. The van der Waals surface area contributed by atoms with Crippen molar-refractivity contribution in [3.8, 4) is 0 Å². The molecule has 2 atom stereocenters. The summed E-state index contributed by atoms with van der Waals surface area (Å²) in [6, 6.07) is 0.313. The van der Waals surface area contributed by atoms with Gasteiger partial charge in [-0.05, 0) is 12.3 Å². The van der Waals surface area contributed by atoms with Crippen molar-refractivity contribution < 1.29 is 0 Å². The maximum Gasteiger partial charge on any atom is 0.185 e. The Morgan fingerprint density at radius 1 is 1.62 bits per heavy atom. The molecule has 3 nitrogen and oxygen atoms in total. The van der Waals surface area contributed by atoms with Gasteiger partial charge in [0.1, 0.15) is 0 Å². The van der Waals surface area contributed by atoms with E-state index in [1.54, 1.807) is 11.3 Å². The van der Waals surface area contributed by atoms with Crippen LogP contribution >= 0.6 is 11.3 Å². The zero-order valence-electron chi connectivity index (χ0n) is 7.81. The summed E-state index contributed by atoms with van der Waals surface area (Å²) in [6.45, 7) is 4.30. The number of rotatable bonds is 1. The summed E-state index contributed by atoms with van der Waals surface area (Å²) in [5.74, 6) is 0.688. The molecule has 0 radical (unpaired) electrons. The minimum atomic E-state index is 0.313. The predicted octanol–water partition coefficient (Wildman–Crippen LogP) is 1.32. The number of nitrogens with zero attached hydrogens (tertiary/aromatic N) is 2. The third kappa shape index (κ3) is 2.00. The van der Waals surface area contributed by atoms with Crippen molar-refractivity contribution in [2.24, 2.45) is 11.7 Å². The van der Waals surface area contributed by atoms with Gasteiger partial charge in [-0.1, -0.05) is 6.92 Å². The third-order valence-corrected chi connectivity index (χ3v) is 3.21. The lowest BCUT2D eigenvalue weighted by molar-refractivity contribution is 0.401. The van der Waals surface area contributed by atoms with E-state index in [1.807, 2.05) is 11.6 Å². The molecule has 0 aliphatic carbocycles. The second-order valence-electron chi connectivity index (χ2n) is 3.82. The van der Waals surface area contributed by atoms with Gasteiger partial charge in [0, 0.05) is 30.7 Å². The molecule has 1 saturated heterocycles. The topological polar surface area (TPSA) is 42.1 Å². The van der Waals surface area contributed by atoms with Crippen molar-refractivity contribution in [2.75, 3.05) is 18.0 Å². The van der Waals surface area contributed by atoms with Crippen LogP contribution in [0.4, 0.5) is 5.13 Å². The van der Waals surface area contributed by atoms with E-state index in [-0.39, 0.29) is 0 Å². The molecule has 72 valence electrons. The van der Waals surface area contributed by atoms with Gasteiger partial charge in [0.15, 0.2) is 5.13 Å². The predicted molar refractivity (Wildman–Crippen MR) is 56.1 cm³/mol. The lowest BCUT2D eigenvalue weighted by atomic mass is 9.97. The van der Waals surface area contributed by atoms with Gasteiger partial charge in [-0.15, -0.1) is 11.3 Å². The molecule has 1 fully saturated rings. The van der Waals surface area contributed by atoms with Crippen LogP contribution in [0, 0.1) is 5.92 Å². The van der Waals surface area contributed by atoms with E-state index >= 15 is 0 Å². The van der Waals surface area contributed by atoms with Gasteiger partial charge >= 0.3 is 0 Å². The Morgan fingerprint density at radius 3 is 3.08 bits per heavy atom. The van der Waals surface area contributed by atoms with Gasteiger partial charge in [-0.3, -0.25) is 0 Å². The highest BCUT2D eigenvalue weighted by atomic mass is 32.1. The Balaban J connectivity index is 2.07. The Hall–Kier alpha value is -0.610. The fourth-order valence-electron chi connectivity index (χ4n) is 1.93. The number of anilines is 1. The third-order valence-electron chi connectivity index (χ3n) is 2.38. The van der Waals surface area contributed by atoms with Gasteiger partial charge in [0.2, 0.25) is 0 Å². The molecule has 1 aromatic heterocycles. The molecule has 4 heteroatoms. The van der Waals surface area contributed by atoms with Crippen LogP contribution in [0.1, 0.15) is 13.3 Å². The molecule has 0 spiro atoms. The van der Waals surface area contributed by atoms with Crippen molar-refractivity contribution in [3.05, 3.63) is 11.6 Å². The van der Waals surface area contributed by atoms with Gasteiger partial charge < -0.3 is 10.6 Å². The molecule has 2 heterocycles. The lowest BCUT2D eigenvalue weighted by Gasteiger charge is -2.34. The molecule has 2 N–H and O–H groups in total. The average molecular weight is 197 g/mol. The summed E-state index contributed by atoms with van der Waals surface area (Å²) in [5, 5.41) is 3.13. The number of thiazole rings is 1. The first-order valence-electron chi connectivity index (χ1n) is 4.65. The van der Waals surface area contributed by atoms with E-state index < -0.39 is 0 Å². The minimum Gasteiger partial charge on any atom is -0.346 e. The van der Waals surface area contributed by atoms with E-state index in [2.05, 4.69) is 16.8 Å². The summed E-state index contributed by atoms with van der Waals surface area (Å²) in [5.41, 5.74) is 5.96. The van der Waals surface area contributed by atoms with Crippen molar-refractivity contribution in [1.29, 1.82) is 0 Å². The molecule has 0 bridgehead atoms. The summed E-state index contributed by atoms with van der Waals surface area (Å²) in [7, 11) is 0. The maximum absolute atomic E-state index is 5.96. The van der Waals surface area contributed by atoms with E-state index in [0.29, 0.717) is 12.0 Å². The lowest BCUT2D eigenvalue weighted by Crippen LogP contribution is -2.46. The van der Waals surface area contributed by atoms with E-state index in [9.17, 15) is 0 Å².